The third kappa shape index (κ3) is 5.07. The monoisotopic (exact) mass is 353 g/mol. The molecule has 0 radical (unpaired) electrons. The van der Waals surface area contributed by atoms with Gasteiger partial charge in [0.1, 0.15) is 0 Å². The second-order valence-electron chi connectivity index (χ2n) is 7.26. The molecule has 1 N–H and O–H groups in total. The van der Waals surface area contributed by atoms with Crippen LogP contribution in [-0.2, 0) is 9.53 Å². The smallest absolute Gasteiger partial charge is 0.310 e. The van der Waals surface area contributed by atoms with E-state index in [1.807, 2.05) is 7.05 Å². The fourth-order valence-corrected chi connectivity index (χ4v) is 3.82. The SMILES string of the molecule is CCN1CCN(C(C)CNC(=NC)N2CC(C)C(C(=O)OC)C2)CC1. The van der Waals surface area contributed by atoms with Crippen molar-refractivity contribution in [2.24, 2.45) is 16.8 Å². The third-order valence-corrected chi connectivity index (χ3v) is 5.66. The largest absolute Gasteiger partial charge is 0.469 e. The second kappa shape index (κ2) is 9.38. The average Bonchev–Trinajstić information content (AvgIpc) is 3.03. The van der Waals surface area contributed by atoms with Crippen molar-refractivity contribution in [1.29, 1.82) is 0 Å². The molecule has 2 heterocycles. The van der Waals surface area contributed by atoms with Crippen LogP contribution in [-0.4, -0.2) is 99.2 Å². The molecule has 2 saturated heterocycles. The van der Waals surface area contributed by atoms with Crippen LogP contribution in [0.4, 0.5) is 0 Å². The van der Waals surface area contributed by atoms with Crippen LogP contribution in [0.5, 0.6) is 0 Å². The van der Waals surface area contributed by atoms with E-state index >= 15 is 0 Å². The van der Waals surface area contributed by atoms with Gasteiger partial charge in [-0.1, -0.05) is 13.8 Å². The molecule has 2 aliphatic heterocycles. The number of guanidine groups is 1. The number of aliphatic imine (C=N–C) groups is 1. The molecule has 7 nitrogen and oxygen atoms in total. The van der Waals surface area contributed by atoms with Gasteiger partial charge < -0.3 is 19.9 Å². The van der Waals surface area contributed by atoms with Crippen molar-refractivity contribution in [3.63, 3.8) is 0 Å². The zero-order chi connectivity index (χ0) is 18.4. The molecule has 25 heavy (non-hydrogen) atoms. The molecule has 0 aromatic carbocycles. The van der Waals surface area contributed by atoms with Gasteiger partial charge in [-0.2, -0.15) is 0 Å². The van der Waals surface area contributed by atoms with E-state index in [1.54, 1.807) is 0 Å². The van der Waals surface area contributed by atoms with Crippen molar-refractivity contribution in [3.8, 4) is 0 Å². The van der Waals surface area contributed by atoms with Crippen LogP contribution in [0.3, 0.4) is 0 Å². The minimum absolute atomic E-state index is 0.0666. The van der Waals surface area contributed by atoms with Crippen LogP contribution in [0.1, 0.15) is 20.8 Å². The van der Waals surface area contributed by atoms with Gasteiger partial charge in [0.2, 0.25) is 0 Å². The van der Waals surface area contributed by atoms with Crippen molar-refractivity contribution >= 4 is 11.9 Å². The van der Waals surface area contributed by atoms with Crippen LogP contribution in [0.2, 0.25) is 0 Å². The minimum atomic E-state index is -0.118. The van der Waals surface area contributed by atoms with Gasteiger partial charge in [0.25, 0.3) is 0 Å². The Bertz CT molecular complexity index is 462. The van der Waals surface area contributed by atoms with Crippen molar-refractivity contribution in [3.05, 3.63) is 0 Å². The summed E-state index contributed by atoms with van der Waals surface area (Å²) >= 11 is 0. The van der Waals surface area contributed by atoms with Gasteiger partial charge in [-0.05, 0) is 19.4 Å². The summed E-state index contributed by atoms with van der Waals surface area (Å²) in [4.78, 5) is 23.5. The molecule has 0 aromatic heterocycles. The lowest BCUT2D eigenvalue weighted by atomic mass is 9.99. The number of carbonyl (C=O) groups excluding carboxylic acids is 1. The van der Waals surface area contributed by atoms with Crippen molar-refractivity contribution < 1.29 is 9.53 Å². The Balaban J connectivity index is 1.81. The maximum absolute atomic E-state index is 11.9. The number of nitrogens with zero attached hydrogens (tertiary/aromatic N) is 4. The van der Waals surface area contributed by atoms with E-state index in [-0.39, 0.29) is 17.8 Å². The maximum atomic E-state index is 11.9. The zero-order valence-corrected chi connectivity index (χ0v) is 16.5. The van der Waals surface area contributed by atoms with Gasteiger partial charge in [0.05, 0.1) is 13.0 Å². The number of rotatable bonds is 5. The first kappa shape index (κ1) is 20.0. The number of likely N-dealkylation sites (N-methyl/N-ethyl adjacent to an activating group) is 1. The molecule has 3 atom stereocenters. The van der Waals surface area contributed by atoms with Gasteiger partial charge in [-0.3, -0.25) is 14.7 Å². The molecule has 0 spiro atoms. The molecule has 0 aliphatic carbocycles. The molecular formula is C18H35N5O2. The molecule has 2 rings (SSSR count). The first-order valence-electron chi connectivity index (χ1n) is 9.49. The first-order chi connectivity index (χ1) is 12.0. The summed E-state index contributed by atoms with van der Waals surface area (Å²) in [6, 6.07) is 0.465. The Morgan fingerprint density at radius 1 is 1.28 bits per heavy atom. The number of ether oxygens (including phenoxy) is 1. The summed E-state index contributed by atoms with van der Waals surface area (Å²) in [5, 5.41) is 3.50. The second-order valence-corrected chi connectivity index (χ2v) is 7.26. The van der Waals surface area contributed by atoms with Gasteiger partial charge >= 0.3 is 5.97 Å². The highest BCUT2D eigenvalue weighted by Gasteiger charge is 2.37. The molecule has 144 valence electrons. The Morgan fingerprint density at radius 2 is 1.96 bits per heavy atom. The van der Waals surface area contributed by atoms with E-state index in [9.17, 15) is 4.79 Å². The molecule has 2 aliphatic rings. The third-order valence-electron chi connectivity index (χ3n) is 5.66. The van der Waals surface area contributed by atoms with Crippen LogP contribution >= 0.6 is 0 Å². The first-order valence-corrected chi connectivity index (χ1v) is 9.49. The number of hydrogen-bond donors (Lipinski definition) is 1. The fraction of sp³-hybridized carbons (Fsp3) is 0.889. The molecule has 2 fully saturated rings. The predicted octanol–water partition coefficient (Wildman–Crippen LogP) is 0.329. The van der Waals surface area contributed by atoms with Crippen molar-refractivity contribution in [2.45, 2.75) is 26.8 Å². The molecule has 0 aromatic rings. The van der Waals surface area contributed by atoms with Gasteiger partial charge in [-0.15, -0.1) is 0 Å². The van der Waals surface area contributed by atoms with Gasteiger partial charge in [0, 0.05) is 58.9 Å². The quantitative estimate of drug-likeness (QED) is 0.437. The van der Waals surface area contributed by atoms with E-state index in [1.165, 1.54) is 7.11 Å². The topological polar surface area (TPSA) is 60.4 Å². The molecule has 3 unspecified atom stereocenters. The lowest BCUT2D eigenvalue weighted by Gasteiger charge is -2.38. The highest BCUT2D eigenvalue weighted by molar-refractivity contribution is 5.82. The highest BCUT2D eigenvalue weighted by Crippen LogP contribution is 2.24. The standard InChI is InChI=1S/C18H35N5O2/c1-6-21-7-9-22(10-8-21)15(3)11-20-18(19-4)23-12-14(2)16(13-23)17(24)25-5/h14-16H,6-13H2,1-5H3,(H,19,20). The summed E-state index contributed by atoms with van der Waals surface area (Å²) in [5.41, 5.74) is 0. The number of esters is 1. The number of piperazine rings is 1. The summed E-state index contributed by atoms with van der Waals surface area (Å²) in [6.07, 6.45) is 0. The Labute approximate surface area is 152 Å². The van der Waals surface area contributed by atoms with E-state index in [2.05, 4.69) is 45.8 Å². The van der Waals surface area contributed by atoms with E-state index in [0.717, 1.165) is 51.8 Å². The van der Waals surface area contributed by atoms with Crippen LogP contribution < -0.4 is 5.32 Å². The maximum Gasteiger partial charge on any atom is 0.310 e. The minimum Gasteiger partial charge on any atom is -0.469 e. The lowest BCUT2D eigenvalue weighted by molar-refractivity contribution is -0.145. The lowest BCUT2D eigenvalue weighted by Crippen LogP contribution is -2.53. The zero-order valence-electron chi connectivity index (χ0n) is 16.5. The summed E-state index contributed by atoms with van der Waals surface area (Å²) < 4.78 is 4.93. The van der Waals surface area contributed by atoms with E-state index < -0.39 is 0 Å². The Kier molecular flexibility index (Phi) is 7.50. The number of methoxy groups -OCH3 is 1. The Hall–Kier alpha value is -1.34. The molecule has 0 saturated carbocycles. The molecule has 0 bridgehead atoms. The van der Waals surface area contributed by atoms with Crippen LogP contribution in [0.15, 0.2) is 4.99 Å². The number of nitrogens with one attached hydrogen (secondary N) is 1. The number of likely N-dealkylation sites (tertiary alicyclic amines) is 1. The summed E-state index contributed by atoms with van der Waals surface area (Å²) in [7, 11) is 3.27. The highest BCUT2D eigenvalue weighted by atomic mass is 16.5. The molecule has 7 heteroatoms. The Morgan fingerprint density at radius 3 is 2.52 bits per heavy atom. The molecular weight excluding hydrogens is 318 g/mol. The summed E-state index contributed by atoms with van der Waals surface area (Å²) in [6.45, 7) is 14.7. The molecule has 0 amide bonds. The van der Waals surface area contributed by atoms with Gasteiger partial charge in [0.15, 0.2) is 5.96 Å². The van der Waals surface area contributed by atoms with Gasteiger partial charge in [-0.25, -0.2) is 0 Å². The van der Waals surface area contributed by atoms with Crippen LogP contribution in [0, 0.1) is 11.8 Å². The van der Waals surface area contributed by atoms with E-state index in [0.29, 0.717) is 12.6 Å². The summed E-state index contributed by atoms with van der Waals surface area (Å²) in [5.74, 6) is 0.985. The number of hydrogen-bond acceptors (Lipinski definition) is 5. The normalized spacial score (nSPS) is 27.4. The van der Waals surface area contributed by atoms with Crippen molar-refractivity contribution in [2.75, 3.05) is 66.5 Å². The van der Waals surface area contributed by atoms with Crippen molar-refractivity contribution in [1.82, 2.24) is 20.0 Å². The van der Waals surface area contributed by atoms with Crippen LogP contribution in [0.25, 0.3) is 0 Å². The predicted molar refractivity (Wildman–Crippen MR) is 101 cm³/mol. The van der Waals surface area contributed by atoms with E-state index in [4.69, 9.17) is 4.74 Å². The fourth-order valence-electron chi connectivity index (χ4n) is 3.82. The average molecular weight is 354 g/mol. The number of carbonyl (C=O) groups is 1.